The quantitative estimate of drug-likeness (QED) is 0.759. The smallest absolute Gasteiger partial charge is 0.225 e. The minimum Gasteiger partial charge on any atom is -0.340 e. The summed E-state index contributed by atoms with van der Waals surface area (Å²) in [7, 11) is 0. The molecule has 1 saturated carbocycles. The van der Waals surface area contributed by atoms with Crippen molar-refractivity contribution >= 4 is 5.95 Å². The molecule has 3 fully saturated rings. The fraction of sp³-hybridized carbons (Fsp3) is 0.692. The first kappa shape index (κ1) is 9.83. The summed E-state index contributed by atoms with van der Waals surface area (Å²) in [6, 6.07) is 2.82. The first-order valence-electron chi connectivity index (χ1n) is 6.66. The molecule has 2 saturated heterocycles. The van der Waals surface area contributed by atoms with Crippen LogP contribution in [0.2, 0.25) is 0 Å². The molecule has 3 aliphatic rings. The van der Waals surface area contributed by atoms with Gasteiger partial charge < -0.3 is 4.90 Å². The molecule has 0 radical (unpaired) electrons. The van der Waals surface area contributed by atoms with Crippen LogP contribution in [0.25, 0.3) is 0 Å². The Morgan fingerprint density at radius 1 is 0.941 bits per heavy atom. The Hall–Kier alpha value is -1.16. The van der Waals surface area contributed by atoms with Gasteiger partial charge in [-0.05, 0) is 30.7 Å². The Balaban J connectivity index is 1.45. The van der Waals surface area contributed by atoms with Crippen LogP contribution in [-0.2, 0) is 0 Å². The lowest BCUT2D eigenvalue weighted by molar-refractivity contribution is 0.306. The number of hydrogen-bond acceptors (Lipinski definition) is 4. The zero-order valence-electron chi connectivity index (χ0n) is 10.00. The van der Waals surface area contributed by atoms with Crippen molar-refractivity contribution in [3.05, 3.63) is 18.5 Å². The van der Waals surface area contributed by atoms with Crippen molar-refractivity contribution < 1.29 is 0 Å². The lowest BCUT2D eigenvalue weighted by Gasteiger charge is -2.20. The van der Waals surface area contributed by atoms with Crippen molar-refractivity contribution in [2.45, 2.75) is 18.9 Å². The average Bonchev–Trinajstić information content (AvgIpc) is 3.01. The normalized spacial score (nSPS) is 33.1. The van der Waals surface area contributed by atoms with E-state index in [9.17, 15) is 0 Å². The van der Waals surface area contributed by atoms with Gasteiger partial charge in [0.25, 0.3) is 0 Å². The van der Waals surface area contributed by atoms with Crippen LogP contribution in [-0.4, -0.2) is 47.1 Å². The van der Waals surface area contributed by atoms with Crippen LogP contribution in [0, 0.1) is 11.8 Å². The van der Waals surface area contributed by atoms with E-state index in [1.807, 2.05) is 18.5 Å². The van der Waals surface area contributed by atoms with E-state index in [4.69, 9.17) is 0 Å². The standard InChI is InChI=1S/C13H18N4/c1-4-14-13(15-5-1)17-8-10-6-16(12-2-3-12)7-11(10)9-17/h1,4-5,10-12H,2-3,6-9H2. The number of aromatic nitrogens is 2. The molecule has 1 aromatic rings. The van der Waals surface area contributed by atoms with Gasteiger partial charge in [-0.25, -0.2) is 9.97 Å². The number of nitrogens with zero attached hydrogens (tertiary/aromatic N) is 4. The summed E-state index contributed by atoms with van der Waals surface area (Å²) in [5.41, 5.74) is 0. The lowest BCUT2D eigenvalue weighted by Crippen LogP contribution is -2.30. The van der Waals surface area contributed by atoms with Gasteiger partial charge in [-0.1, -0.05) is 0 Å². The molecule has 0 bridgehead atoms. The molecule has 3 heterocycles. The maximum atomic E-state index is 4.36. The summed E-state index contributed by atoms with van der Waals surface area (Å²) in [6.45, 7) is 4.91. The summed E-state index contributed by atoms with van der Waals surface area (Å²) >= 11 is 0. The molecule has 4 nitrogen and oxygen atoms in total. The summed E-state index contributed by atoms with van der Waals surface area (Å²) < 4.78 is 0. The van der Waals surface area contributed by atoms with E-state index in [-0.39, 0.29) is 0 Å². The zero-order valence-corrected chi connectivity index (χ0v) is 10.00. The first-order chi connectivity index (χ1) is 8.40. The summed E-state index contributed by atoms with van der Waals surface area (Å²) in [6.07, 6.45) is 6.55. The molecule has 4 heteroatoms. The molecule has 0 amide bonds. The predicted octanol–water partition coefficient (Wildman–Crippen LogP) is 1.01. The summed E-state index contributed by atoms with van der Waals surface area (Å²) in [4.78, 5) is 13.8. The Labute approximate surface area is 102 Å². The Bertz CT molecular complexity index is 389. The highest BCUT2D eigenvalue weighted by Gasteiger charge is 2.44. The van der Waals surface area contributed by atoms with Gasteiger partial charge in [0.15, 0.2) is 0 Å². The third kappa shape index (κ3) is 1.71. The van der Waals surface area contributed by atoms with Crippen LogP contribution in [0.4, 0.5) is 5.95 Å². The fourth-order valence-electron chi connectivity index (χ4n) is 3.39. The monoisotopic (exact) mass is 230 g/mol. The Kier molecular flexibility index (Phi) is 2.12. The van der Waals surface area contributed by atoms with Gasteiger partial charge in [0.1, 0.15) is 0 Å². The highest BCUT2D eigenvalue weighted by atomic mass is 15.3. The molecule has 0 N–H and O–H groups in total. The van der Waals surface area contributed by atoms with Crippen LogP contribution in [0.3, 0.4) is 0 Å². The van der Waals surface area contributed by atoms with Crippen molar-refractivity contribution in [3.63, 3.8) is 0 Å². The molecule has 0 aromatic carbocycles. The van der Waals surface area contributed by atoms with Gasteiger partial charge in [0, 0.05) is 44.6 Å². The second-order valence-electron chi connectivity index (χ2n) is 5.66. The molecule has 4 rings (SSSR count). The molecule has 2 atom stereocenters. The molecule has 1 aliphatic carbocycles. The second kappa shape index (κ2) is 3.67. The highest BCUT2D eigenvalue weighted by molar-refractivity contribution is 5.31. The Morgan fingerprint density at radius 3 is 2.18 bits per heavy atom. The average molecular weight is 230 g/mol. The summed E-state index contributed by atoms with van der Waals surface area (Å²) in [5.74, 6) is 2.61. The van der Waals surface area contributed by atoms with Crippen LogP contribution in [0.15, 0.2) is 18.5 Å². The lowest BCUT2D eigenvalue weighted by atomic mass is 10.0. The third-order valence-electron chi connectivity index (χ3n) is 4.41. The number of hydrogen-bond donors (Lipinski definition) is 0. The second-order valence-corrected chi connectivity index (χ2v) is 5.66. The van der Waals surface area contributed by atoms with Crippen molar-refractivity contribution in [2.75, 3.05) is 31.1 Å². The van der Waals surface area contributed by atoms with Crippen LogP contribution >= 0.6 is 0 Å². The molecule has 1 aromatic heterocycles. The number of fused-ring (bicyclic) bond motifs is 1. The van der Waals surface area contributed by atoms with Crippen LogP contribution in [0.5, 0.6) is 0 Å². The van der Waals surface area contributed by atoms with E-state index in [1.54, 1.807) is 0 Å². The summed E-state index contributed by atoms with van der Waals surface area (Å²) in [5, 5.41) is 0. The van der Waals surface area contributed by atoms with E-state index in [2.05, 4.69) is 19.8 Å². The van der Waals surface area contributed by atoms with Gasteiger partial charge in [-0.3, -0.25) is 4.90 Å². The minimum atomic E-state index is 0.847. The molecule has 2 unspecified atom stereocenters. The van der Waals surface area contributed by atoms with E-state index in [1.165, 1.54) is 25.9 Å². The molecule has 0 spiro atoms. The maximum absolute atomic E-state index is 4.36. The van der Waals surface area contributed by atoms with Gasteiger partial charge in [-0.15, -0.1) is 0 Å². The number of likely N-dealkylation sites (tertiary alicyclic amines) is 1. The van der Waals surface area contributed by atoms with Crippen LogP contribution in [0.1, 0.15) is 12.8 Å². The topological polar surface area (TPSA) is 32.3 Å². The van der Waals surface area contributed by atoms with E-state index in [0.29, 0.717) is 0 Å². The van der Waals surface area contributed by atoms with Crippen LogP contribution < -0.4 is 4.90 Å². The molecular weight excluding hydrogens is 212 g/mol. The highest BCUT2D eigenvalue weighted by Crippen LogP contribution is 2.38. The molecule has 2 aliphatic heterocycles. The Morgan fingerprint density at radius 2 is 1.59 bits per heavy atom. The van der Waals surface area contributed by atoms with Gasteiger partial charge in [0.2, 0.25) is 5.95 Å². The van der Waals surface area contributed by atoms with Crippen molar-refractivity contribution in [2.24, 2.45) is 11.8 Å². The maximum Gasteiger partial charge on any atom is 0.225 e. The SMILES string of the molecule is c1cnc(N2CC3CN(C4CC4)CC3C2)nc1. The fourth-order valence-corrected chi connectivity index (χ4v) is 3.39. The largest absolute Gasteiger partial charge is 0.340 e. The van der Waals surface area contributed by atoms with Crippen molar-refractivity contribution in [1.29, 1.82) is 0 Å². The van der Waals surface area contributed by atoms with Crippen molar-refractivity contribution in [1.82, 2.24) is 14.9 Å². The molecule has 90 valence electrons. The minimum absolute atomic E-state index is 0.847. The third-order valence-corrected chi connectivity index (χ3v) is 4.41. The molecule has 17 heavy (non-hydrogen) atoms. The predicted molar refractivity (Wildman–Crippen MR) is 65.8 cm³/mol. The van der Waals surface area contributed by atoms with Gasteiger partial charge >= 0.3 is 0 Å². The number of rotatable bonds is 2. The first-order valence-corrected chi connectivity index (χ1v) is 6.66. The van der Waals surface area contributed by atoms with E-state index >= 15 is 0 Å². The van der Waals surface area contributed by atoms with E-state index < -0.39 is 0 Å². The van der Waals surface area contributed by atoms with E-state index in [0.717, 1.165) is 36.9 Å². The zero-order chi connectivity index (χ0) is 11.2. The molecular formula is C13H18N4. The number of anilines is 1. The van der Waals surface area contributed by atoms with Gasteiger partial charge in [-0.2, -0.15) is 0 Å². The van der Waals surface area contributed by atoms with Crippen molar-refractivity contribution in [3.8, 4) is 0 Å². The van der Waals surface area contributed by atoms with Gasteiger partial charge in [0.05, 0.1) is 0 Å².